The van der Waals surface area contributed by atoms with Crippen LogP contribution in [0.1, 0.15) is 29.3 Å². The summed E-state index contributed by atoms with van der Waals surface area (Å²) >= 11 is 0. The molecule has 2 aliphatic rings. The number of aldehydes is 1. The van der Waals surface area contributed by atoms with Gasteiger partial charge in [0.25, 0.3) is 0 Å². The smallest absolute Gasteiger partial charge is 0.243 e. The number of phenolic OH excluding ortho intramolecular Hbond substituents is 1. The number of pyridine rings is 1. The summed E-state index contributed by atoms with van der Waals surface area (Å²) in [5, 5.41) is 22.9. The molecule has 4 N–H and O–H groups in total. The lowest BCUT2D eigenvalue weighted by Gasteiger charge is -2.37. The molecule has 0 bridgehead atoms. The van der Waals surface area contributed by atoms with Gasteiger partial charge in [-0.2, -0.15) is 0 Å². The molecule has 3 aromatic rings. The van der Waals surface area contributed by atoms with Crippen LogP contribution in [0.3, 0.4) is 0 Å². The molecule has 5 rings (SSSR count). The summed E-state index contributed by atoms with van der Waals surface area (Å²) in [5.41, 5.74) is 3.27. The van der Waals surface area contributed by atoms with Gasteiger partial charge in [0.1, 0.15) is 23.7 Å². The van der Waals surface area contributed by atoms with Crippen LogP contribution < -0.4 is 5.32 Å². The van der Waals surface area contributed by atoms with Crippen molar-refractivity contribution in [1.29, 1.82) is 0 Å². The number of rotatable bonds is 6. The Bertz CT molecular complexity index is 1220. The van der Waals surface area contributed by atoms with E-state index in [0.29, 0.717) is 18.4 Å². The van der Waals surface area contributed by atoms with Crippen LogP contribution in [0.15, 0.2) is 42.6 Å². The predicted octanol–water partition coefficient (Wildman–Crippen LogP) is 1.00. The third kappa shape index (κ3) is 3.64. The monoisotopic (exact) mass is 448 g/mol. The molecule has 4 atom stereocenters. The Hall–Kier alpha value is -3.72. The van der Waals surface area contributed by atoms with E-state index < -0.39 is 23.9 Å². The van der Waals surface area contributed by atoms with Crippen molar-refractivity contribution in [2.45, 2.75) is 37.4 Å². The molecule has 0 aliphatic carbocycles. The average Bonchev–Trinajstić information content (AvgIpc) is 3.37. The van der Waals surface area contributed by atoms with Crippen molar-refractivity contribution >= 4 is 29.1 Å². The van der Waals surface area contributed by atoms with Gasteiger partial charge in [0.05, 0.1) is 24.6 Å². The summed E-state index contributed by atoms with van der Waals surface area (Å²) in [5.74, 6) is -1.13. The zero-order chi connectivity index (χ0) is 23.1. The Labute approximate surface area is 189 Å². The van der Waals surface area contributed by atoms with E-state index in [1.165, 1.54) is 12.1 Å². The fourth-order valence-corrected chi connectivity index (χ4v) is 5.04. The number of carbonyl (C=O) groups is 3. The number of benzene rings is 1. The molecule has 1 saturated heterocycles. The summed E-state index contributed by atoms with van der Waals surface area (Å²) < 4.78 is 0. The molecule has 4 heterocycles. The van der Waals surface area contributed by atoms with Gasteiger partial charge in [-0.05, 0) is 48.2 Å². The van der Waals surface area contributed by atoms with Crippen molar-refractivity contribution < 1.29 is 24.6 Å². The molecule has 0 saturated carbocycles. The van der Waals surface area contributed by atoms with Crippen LogP contribution >= 0.6 is 0 Å². The molecule has 4 unspecified atom stereocenters. The molecule has 1 aromatic carbocycles. The maximum atomic E-state index is 13.4. The SMILES string of the molecule is O=CC(Cc1ccc(O)cc1)NC(=O)C1Cc2c([nH]c3ncccc23)C2CC(CO)C(=O)N12. The van der Waals surface area contributed by atoms with Gasteiger partial charge in [0.2, 0.25) is 11.8 Å². The lowest BCUT2D eigenvalue weighted by molar-refractivity contribution is -0.142. The Morgan fingerprint density at radius 3 is 2.82 bits per heavy atom. The van der Waals surface area contributed by atoms with Gasteiger partial charge in [-0.25, -0.2) is 4.98 Å². The number of nitrogens with zero attached hydrogens (tertiary/aromatic N) is 2. The second kappa shape index (κ2) is 8.32. The van der Waals surface area contributed by atoms with E-state index in [2.05, 4.69) is 15.3 Å². The molecular weight excluding hydrogens is 424 g/mol. The lowest BCUT2D eigenvalue weighted by atomic mass is 9.91. The number of H-pyrrole nitrogens is 1. The number of nitrogens with one attached hydrogen (secondary N) is 2. The molecule has 0 spiro atoms. The minimum absolute atomic E-state index is 0.119. The minimum Gasteiger partial charge on any atom is -0.508 e. The van der Waals surface area contributed by atoms with E-state index in [0.717, 1.165) is 22.2 Å². The highest BCUT2D eigenvalue weighted by molar-refractivity contribution is 5.94. The van der Waals surface area contributed by atoms with Crippen LogP contribution in [0.2, 0.25) is 0 Å². The van der Waals surface area contributed by atoms with E-state index in [9.17, 15) is 24.6 Å². The first-order valence-corrected chi connectivity index (χ1v) is 10.9. The minimum atomic E-state index is -0.798. The average molecular weight is 448 g/mol. The van der Waals surface area contributed by atoms with E-state index in [-0.39, 0.29) is 37.1 Å². The Morgan fingerprint density at radius 2 is 2.09 bits per heavy atom. The summed E-state index contributed by atoms with van der Waals surface area (Å²) in [6.45, 7) is -0.286. The van der Waals surface area contributed by atoms with Crippen LogP contribution in [0.4, 0.5) is 0 Å². The quantitative estimate of drug-likeness (QED) is 0.416. The number of phenols is 1. The molecule has 2 amide bonds. The Balaban J connectivity index is 1.44. The van der Waals surface area contributed by atoms with Gasteiger partial charge in [-0.1, -0.05) is 12.1 Å². The number of fused-ring (bicyclic) bond motifs is 5. The molecule has 1 fully saturated rings. The number of carbonyl (C=O) groups excluding carboxylic acids is 3. The number of aromatic hydroxyl groups is 1. The molecule has 9 nitrogen and oxygen atoms in total. The van der Waals surface area contributed by atoms with Gasteiger partial charge in [-0.3, -0.25) is 9.59 Å². The number of amides is 2. The van der Waals surface area contributed by atoms with E-state index in [4.69, 9.17) is 0 Å². The highest BCUT2D eigenvalue weighted by Gasteiger charge is 2.50. The molecular formula is C24H24N4O5. The highest BCUT2D eigenvalue weighted by Crippen LogP contribution is 2.45. The zero-order valence-corrected chi connectivity index (χ0v) is 17.8. The first-order valence-electron chi connectivity index (χ1n) is 10.9. The second-order valence-electron chi connectivity index (χ2n) is 8.63. The first kappa shape index (κ1) is 21.1. The maximum Gasteiger partial charge on any atom is 0.243 e. The van der Waals surface area contributed by atoms with Crippen LogP contribution in [0.25, 0.3) is 11.0 Å². The molecule has 0 radical (unpaired) electrons. The molecule has 2 aliphatic heterocycles. The molecule has 9 heteroatoms. The Kier molecular flexibility index (Phi) is 5.33. The third-order valence-corrected chi connectivity index (χ3v) is 6.63. The number of hydrogen-bond donors (Lipinski definition) is 4. The number of aliphatic hydroxyl groups is 1. The largest absolute Gasteiger partial charge is 0.508 e. The number of hydrogen-bond acceptors (Lipinski definition) is 6. The summed E-state index contributed by atoms with van der Waals surface area (Å²) in [4.78, 5) is 47.4. The van der Waals surface area contributed by atoms with Crippen molar-refractivity contribution in [3.05, 3.63) is 59.4 Å². The fourth-order valence-electron chi connectivity index (χ4n) is 5.04. The van der Waals surface area contributed by atoms with Crippen molar-refractivity contribution in [3.8, 4) is 5.75 Å². The van der Waals surface area contributed by atoms with Gasteiger partial charge in [0.15, 0.2) is 0 Å². The van der Waals surface area contributed by atoms with Crippen molar-refractivity contribution in [1.82, 2.24) is 20.2 Å². The van der Waals surface area contributed by atoms with Crippen molar-refractivity contribution in [2.75, 3.05) is 6.61 Å². The molecule has 33 heavy (non-hydrogen) atoms. The van der Waals surface area contributed by atoms with Gasteiger partial charge >= 0.3 is 0 Å². The van der Waals surface area contributed by atoms with Crippen LogP contribution in [0, 0.1) is 5.92 Å². The summed E-state index contributed by atoms with van der Waals surface area (Å²) in [6.07, 6.45) is 3.32. The lowest BCUT2D eigenvalue weighted by Crippen LogP contribution is -2.54. The normalized spacial score (nSPS) is 22.6. The van der Waals surface area contributed by atoms with Crippen LogP contribution in [-0.2, 0) is 27.2 Å². The molecule has 2 aromatic heterocycles. The van der Waals surface area contributed by atoms with E-state index in [1.54, 1.807) is 23.2 Å². The first-order chi connectivity index (χ1) is 16.0. The standard InChI is InChI=1S/C24H24N4O5/c29-11-14-9-19-21-18(17-2-1-7-25-22(17)27-21)10-20(28(19)24(14)33)23(32)26-15(12-30)8-13-3-5-16(31)6-4-13/h1-7,12,14-15,19-20,29,31H,8-11H2,(H,25,27)(H,26,32). The van der Waals surface area contributed by atoms with E-state index in [1.807, 2.05) is 12.1 Å². The summed E-state index contributed by atoms with van der Waals surface area (Å²) in [7, 11) is 0. The maximum absolute atomic E-state index is 13.4. The number of aliphatic hydroxyl groups excluding tert-OH is 1. The van der Waals surface area contributed by atoms with Gasteiger partial charge in [0, 0.05) is 23.7 Å². The van der Waals surface area contributed by atoms with Crippen molar-refractivity contribution in [2.24, 2.45) is 5.92 Å². The fraction of sp³-hybridized carbons (Fsp3) is 0.333. The van der Waals surface area contributed by atoms with Crippen molar-refractivity contribution in [3.63, 3.8) is 0 Å². The van der Waals surface area contributed by atoms with Crippen LogP contribution in [-0.4, -0.2) is 61.9 Å². The second-order valence-corrected chi connectivity index (χ2v) is 8.63. The van der Waals surface area contributed by atoms with Gasteiger partial charge in [-0.15, -0.1) is 0 Å². The predicted molar refractivity (Wildman–Crippen MR) is 118 cm³/mol. The van der Waals surface area contributed by atoms with E-state index >= 15 is 0 Å². The molecule has 170 valence electrons. The summed E-state index contributed by atoms with van der Waals surface area (Å²) in [6, 6.07) is 8.24. The van der Waals surface area contributed by atoms with Gasteiger partial charge < -0.3 is 30.2 Å². The highest BCUT2D eigenvalue weighted by atomic mass is 16.3. The number of aromatic nitrogens is 2. The topological polar surface area (TPSA) is 136 Å². The zero-order valence-electron chi connectivity index (χ0n) is 17.8. The van der Waals surface area contributed by atoms with Crippen LogP contribution in [0.5, 0.6) is 5.75 Å². The Morgan fingerprint density at radius 1 is 1.30 bits per heavy atom. The number of aromatic amines is 1. The third-order valence-electron chi connectivity index (χ3n) is 6.63.